The van der Waals surface area contributed by atoms with Crippen molar-refractivity contribution in [2.24, 2.45) is 0 Å². The Balaban J connectivity index is 1.72. The zero-order valence-corrected chi connectivity index (χ0v) is 21.9. The van der Waals surface area contributed by atoms with E-state index in [2.05, 4.69) is 31.9 Å². The van der Waals surface area contributed by atoms with Gasteiger partial charge in [-0.3, -0.25) is 9.59 Å². The fraction of sp³-hybridized carbons (Fsp3) is 0.214. The van der Waals surface area contributed by atoms with E-state index in [4.69, 9.17) is 4.74 Å². The first kappa shape index (κ1) is 30.1. The minimum Gasteiger partial charge on any atom is -0.496 e. The lowest BCUT2D eigenvalue weighted by molar-refractivity contribution is -0.286. The zero-order valence-electron chi connectivity index (χ0n) is 21.9. The first-order valence-corrected chi connectivity index (χ1v) is 11.8. The summed E-state index contributed by atoms with van der Waals surface area (Å²) in [4.78, 5) is 26.4. The van der Waals surface area contributed by atoms with Gasteiger partial charge in [-0.1, -0.05) is 11.8 Å². The topological polar surface area (TPSA) is 106 Å². The molecule has 3 N–H and O–H groups in total. The Morgan fingerprint density at radius 2 is 1.57 bits per heavy atom. The third-order valence-electron chi connectivity index (χ3n) is 5.52. The van der Waals surface area contributed by atoms with Crippen LogP contribution >= 0.6 is 0 Å². The van der Waals surface area contributed by atoms with E-state index in [9.17, 15) is 41.0 Å². The normalized spacial score (nSPS) is 13.6. The number of alkyl halides is 5. The number of hydrogen-bond acceptors (Lipinski definition) is 6. The summed E-state index contributed by atoms with van der Waals surface area (Å²) in [5.74, 6) is 0.528. The van der Waals surface area contributed by atoms with Crippen LogP contribution in [-0.4, -0.2) is 35.9 Å². The molecule has 1 aliphatic rings. The van der Waals surface area contributed by atoms with Gasteiger partial charge in [0.1, 0.15) is 17.2 Å². The second-order valence-electron chi connectivity index (χ2n) is 9.34. The summed E-state index contributed by atoms with van der Waals surface area (Å²) in [6, 6.07) is 7.56. The van der Waals surface area contributed by atoms with E-state index in [1.165, 1.54) is 39.2 Å². The minimum atomic E-state index is -5.07. The van der Waals surface area contributed by atoms with Crippen LogP contribution in [0.15, 0.2) is 48.5 Å². The molecule has 14 heteroatoms. The number of aliphatic hydroxyl groups is 1. The molecule has 0 spiro atoms. The summed E-state index contributed by atoms with van der Waals surface area (Å²) in [7, 11) is 1.27. The third-order valence-corrected chi connectivity index (χ3v) is 5.52. The predicted molar refractivity (Wildman–Crippen MR) is 136 cm³/mol. The predicted octanol–water partition coefficient (Wildman–Crippen LogP) is 5.80. The molecule has 8 nitrogen and oxygen atoms in total. The lowest BCUT2D eigenvalue weighted by atomic mass is 10.1. The van der Waals surface area contributed by atoms with Crippen molar-refractivity contribution in [3.63, 3.8) is 0 Å². The monoisotopic (exact) mass is 594 g/mol. The summed E-state index contributed by atoms with van der Waals surface area (Å²) < 4.78 is 94.6. The molecule has 1 aliphatic heterocycles. The van der Waals surface area contributed by atoms with Crippen LogP contribution in [0.4, 0.5) is 37.7 Å². The van der Waals surface area contributed by atoms with Crippen LogP contribution in [0.2, 0.25) is 0 Å². The molecule has 0 aromatic heterocycles. The third kappa shape index (κ3) is 6.87. The van der Waals surface area contributed by atoms with Gasteiger partial charge in [0.05, 0.1) is 29.5 Å². The van der Waals surface area contributed by atoms with Gasteiger partial charge in [-0.05, 0) is 56.3 Å². The van der Waals surface area contributed by atoms with Crippen molar-refractivity contribution < 1.29 is 55.2 Å². The maximum Gasteiger partial charge on any atom is 0.586 e. The Hall–Kier alpha value is -4.90. The molecule has 0 radical (unpaired) electrons. The molecule has 0 fully saturated rings. The second kappa shape index (κ2) is 10.8. The fourth-order valence-electron chi connectivity index (χ4n) is 3.68. The molecule has 0 aliphatic carbocycles. The van der Waals surface area contributed by atoms with Gasteiger partial charge in [-0.2, -0.15) is 13.2 Å². The van der Waals surface area contributed by atoms with Crippen LogP contribution in [0.5, 0.6) is 17.2 Å². The number of amides is 2. The van der Waals surface area contributed by atoms with E-state index in [0.717, 1.165) is 18.2 Å². The van der Waals surface area contributed by atoms with Gasteiger partial charge in [0.15, 0.2) is 11.5 Å². The van der Waals surface area contributed by atoms with Gasteiger partial charge < -0.3 is 30.0 Å². The lowest BCUT2D eigenvalue weighted by Crippen LogP contribution is -2.25. The lowest BCUT2D eigenvalue weighted by Gasteiger charge is -2.15. The van der Waals surface area contributed by atoms with Gasteiger partial charge in [0.2, 0.25) is 0 Å². The highest BCUT2D eigenvalue weighted by molar-refractivity contribution is 6.13. The highest BCUT2D eigenvalue weighted by Gasteiger charge is 2.44. The number of ether oxygens (including phenoxy) is 3. The van der Waals surface area contributed by atoms with E-state index in [0.29, 0.717) is 17.7 Å². The number of fused-ring (bicyclic) bond motifs is 1. The van der Waals surface area contributed by atoms with Gasteiger partial charge in [0.25, 0.3) is 11.8 Å². The van der Waals surface area contributed by atoms with Crippen LogP contribution in [-0.2, 0) is 6.18 Å². The smallest absolute Gasteiger partial charge is 0.496 e. The van der Waals surface area contributed by atoms with Crippen LogP contribution in [0.3, 0.4) is 0 Å². The maximum atomic E-state index is 13.7. The number of benzene rings is 3. The Bertz CT molecular complexity index is 1640. The first-order chi connectivity index (χ1) is 19.5. The Morgan fingerprint density at radius 3 is 2.19 bits per heavy atom. The van der Waals surface area contributed by atoms with Crippen molar-refractivity contribution in [1.82, 2.24) is 0 Å². The molecule has 0 saturated carbocycles. The summed E-state index contributed by atoms with van der Waals surface area (Å²) in [5.41, 5.74) is -4.20. The summed E-state index contributed by atoms with van der Waals surface area (Å²) in [6.45, 7) is 2.89. The van der Waals surface area contributed by atoms with Gasteiger partial charge in [0, 0.05) is 17.3 Å². The van der Waals surface area contributed by atoms with Gasteiger partial charge >= 0.3 is 12.5 Å². The molecule has 0 bridgehead atoms. The molecule has 0 saturated heterocycles. The number of carbonyl (C=O) groups excluding carboxylic acids is 2. The summed E-state index contributed by atoms with van der Waals surface area (Å²) in [6.07, 6.45) is -9.17. The molecule has 42 heavy (non-hydrogen) atoms. The highest BCUT2D eigenvalue weighted by atomic mass is 19.4. The van der Waals surface area contributed by atoms with Crippen LogP contribution in [0.1, 0.15) is 45.7 Å². The molecule has 0 atom stereocenters. The number of nitrogens with one attached hydrogen (secondary N) is 2. The van der Waals surface area contributed by atoms with Gasteiger partial charge in [-0.25, -0.2) is 4.39 Å². The molecule has 0 unspecified atom stereocenters. The molecule has 1 heterocycles. The second-order valence-corrected chi connectivity index (χ2v) is 9.34. The average molecular weight is 594 g/mol. The van der Waals surface area contributed by atoms with E-state index in [1.807, 2.05) is 0 Å². The average Bonchev–Trinajstić information content (AvgIpc) is 3.19. The van der Waals surface area contributed by atoms with Crippen LogP contribution in [0, 0.1) is 17.7 Å². The van der Waals surface area contributed by atoms with Gasteiger partial charge in [-0.15, -0.1) is 8.78 Å². The number of halogens is 6. The van der Waals surface area contributed by atoms with E-state index in [1.54, 1.807) is 0 Å². The zero-order chi connectivity index (χ0) is 31.0. The van der Waals surface area contributed by atoms with Crippen molar-refractivity contribution in [1.29, 1.82) is 0 Å². The standard InChI is InChI=1S/C28H20F6N2O6/c1-26(2,39)9-8-14-4-7-21(40-3)17(10-14)25(38)36-20-13-23-22(41-28(33,34)42-23)12-16(20)24(37)35-15-5-6-19(29)18(11-15)27(30,31)32/h4-7,10-13,39H,1-3H3,(H,35,37)(H,36,38). The van der Waals surface area contributed by atoms with E-state index >= 15 is 0 Å². The SMILES string of the molecule is COc1ccc(C#CC(C)(C)O)cc1C(=O)Nc1cc2c(cc1C(=O)Nc1ccc(F)c(C(F)(F)F)c1)OC(F)(F)O2. The van der Waals surface area contributed by atoms with Crippen molar-refractivity contribution in [2.45, 2.75) is 31.9 Å². The number of hydrogen-bond donors (Lipinski definition) is 3. The fourth-order valence-corrected chi connectivity index (χ4v) is 3.68. The number of carbonyl (C=O) groups is 2. The van der Waals surface area contributed by atoms with E-state index < -0.39 is 69.7 Å². The maximum absolute atomic E-state index is 13.7. The quantitative estimate of drug-likeness (QED) is 0.255. The molecular formula is C28H20F6N2O6. The molecule has 220 valence electrons. The molecular weight excluding hydrogens is 574 g/mol. The van der Waals surface area contributed by atoms with Crippen molar-refractivity contribution in [3.8, 4) is 29.1 Å². The number of anilines is 2. The Labute approximate surface area is 234 Å². The molecule has 3 aromatic rings. The number of methoxy groups -OCH3 is 1. The summed E-state index contributed by atoms with van der Waals surface area (Å²) >= 11 is 0. The van der Waals surface area contributed by atoms with Crippen molar-refractivity contribution >= 4 is 23.2 Å². The first-order valence-electron chi connectivity index (χ1n) is 11.8. The summed E-state index contributed by atoms with van der Waals surface area (Å²) in [5, 5.41) is 14.3. The largest absolute Gasteiger partial charge is 0.586 e. The van der Waals surface area contributed by atoms with E-state index in [-0.39, 0.29) is 11.3 Å². The molecule has 2 amide bonds. The van der Waals surface area contributed by atoms with Crippen molar-refractivity contribution in [2.75, 3.05) is 17.7 Å². The molecule has 4 rings (SSSR count). The minimum absolute atomic E-state index is 0.0607. The Morgan fingerprint density at radius 1 is 0.929 bits per heavy atom. The van der Waals surface area contributed by atoms with Crippen molar-refractivity contribution in [3.05, 3.63) is 76.6 Å². The van der Waals surface area contributed by atoms with Crippen LogP contribution in [0.25, 0.3) is 0 Å². The Kier molecular flexibility index (Phi) is 7.75. The highest BCUT2D eigenvalue weighted by Crippen LogP contribution is 2.44. The van der Waals surface area contributed by atoms with Crippen LogP contribution < -0.4 is 24.8 Å². The molecule has 3 aromatic carbocycles. The number of rotatable bonds is 5.